The average molecular weight is 309 g/mol. The number of nitrogens with one attached hydrogen (secondary N) is 1. The van der Waals surface area contributed by atoms with Gasteiger partial charge in [0.05, 0.1) is 19.8 Å². The number of nitrogens with zero attached hydrogens (tertiary/aromatic N) is 1. The van der Waals surface area contributed by atoms with Crippen LogP contribution in [0.5, 0.6) is 0 Å². The van der Waals surface area contributed by atoms with Crippen LogP contribution in [0, 0.1) is 11.8 Å². The highest BCUT2D eigenvalue weighted by Crippen LogP contribution is 2.44. The molecular formula is C13H15N3O6. The Balaban J connectivity index is 2.03. The first-order valence-electron chi connectivity index (χ1n) is 6.65. The van der Waals surface area contributed by atoms with Gasteiger partial charge in [0.25, 0.3) is 5.56 Å². The highest BCUT2D eigenvalue weighted by molar-refractivity contribution is 5.30. The lowest BCUT2D eigenvalue weighted by Crippen LogP contribution is -2.44. The molecule has 2 bridgehead atoms. The molecule has 2 unspecified atom stereocenters. The van der Waals surface area contributed by atoms with E-state index >= 15 is 0 Å². The van der Waals surface area contributed by atoms with Gasteiger partial charge in [0.1, 0.15) is 23.4 Å². The van der Waals surface area contributed by atoms with Crippen LogP contribution in [0.25, 0.3) is 0 Å². The first-order valence-corrected chi connectivity index (χ1v) is 6.65. The van der Waals surface area contributed by atoms with Crippen molar-refractivity contribution in [2.75, 3.05) is 19.8 Å². The van der Waals surface area contributed by atoms with Gasteiger partial charge in [0, 0.05) is 6.20 Å². The van der Waals surface area contributed by atoms with E-state index < -0.39 is 41.9 Å². The fraction of sp³-hybridized carbons (Fsp3) is 0.538. The number of aromatic nitrogens is 2. The zero-order valence-electron chi connectivity index (χ0n) is 11.5. The van der Waals surface area contributed by atoms with Gasteiger partial charge in [-0.3, -0.25) is 14.3 Å². The zero-order chi connectivity index (χ0) is 15.9. The summed E-state index contributed by atoms with van der Waals surface area (Å²) in [6.45, 7) is -0.348. The smallest absolute Gasteiger partial charge is 0.330 e. The molecule has 2 fully saturated rings. The van der Waals surface area contributed by atoms with Crippen LogP contribution in [0.4, 0.5) is 0 Å². The largest absolute Gasteiger partial charge is 0.393 e. The zero-order valence-corrected chi connectivity index (χ0v) is 11.5. The Kier molecular flexibility index (Phi) is 3.64. The third-order valence-corrected chi connectivity index (χ3v) is 3.84. The molecule has 0 aromatic carbocycles. The summed E-state index contributed by atoms with van der Waals surface area (Å²) in [4.78, 5) is 25.8. The van der Waals surface area contributed by atoms with E-state index in [2.05, 4.69) is 16.8 Å². The Morgan fingerprint density at radius 1 is 1.55 bits per heavy atom. The Morgan fingerprint density at radius 3 is 2.95 bits per heavy atom. The topological polar surface area (TPSA) is 140 Å². The van der Waals surface area contributed by atoms with Crippen LogP contribution in [0.1, 0.15) is 11.8 Å². The Bertz CT molecular complexity index is 760. The second-order valence-corrected chi connectivity index (χ2v) is 5.17. The first kappa shape index (κ1) is 15.0. The fourth-order valence-electron chi connectivity index (χ4n) is 2.66. The van der Waals surface area contributed by atoms with Crippen LogP contribution in [0.3, 0.4) is 0 Å². The van der Waals surface area contributed by atoms with E-state index in [0.717, 1.165) is 4.57 Å². The Morgan fingerprint density at radius 2 is 2.32 bits per heavy atom. The van der Waals surface area contributed by atoms with Crippen LogP contribution in [0.15, 0.2) is 15.8 Å². The van der Waals surface area contributed by atoms with Gasteiger partial charge in [-0.25, -0.2) is 4.79 Å². The molecule has 22 heavy (non-hydrogen) atoms. The third-order valence-electron chi connectivity index (χ3n) is 3.84. The molecule has 0 aliphatic carbocycles. The van der Waals surface area contributed by atoms with Gasteiger partial charge in [0.2, 0.25) is 0 Å². The van der Waals surface area contributed by atoms with Crippen molar-refractivity contribution >= 4 is 0 Å². The summed E-state index contributed by atoms with van der Waals surface area (Å²) in [5, 5.41) is 19.5. The summed E-state index contributed by atoms with van der Waals surface area (Å²) in [7, 11) is 0. The first-order chi connectivity index (χ1) is 10.5. The number of aliphatic hydroxyl groups excluding tert-OH is 2. The molecule has 0 saturated carbocycles. The second-order valence-electron chi connectivity index (χ2n) is 5.17. The van der Waals surface area contributed by atoms with Crippen LogP contribution < -0.4 is 17.0 Å². The maximum absolute atomic E-state index is 12.0. The number of rotatable bonds is 2. The number of hydrogen-bond acceptors (Lipinski definition) is 7. The molecule has 2 aliphatic rings. The molecule has 2 aliphatic heterocycles. The predicted molar refractivity (Wildman–Crippen MR) is 72.9 cm³/mol. The van der Waals surface area contributed by atoms with Crippen LogP contribution in [-0.2, 0) is 9.47 Å². The van der Waals surface area contributed by atoms with Crippen molar-refractivity contribution in [3.05, 3.63) is 32.6 Å². The third kappa shape index (κ3) is 2.09. The van der Waals surface area contributed by atoms with Crippen LogP contribution in [0.2, 0.25) is 0 Å². The Hall–Kier alpha value is -1.96. The highest BCUT2D eigenvalue weighted by atomic mass is 16.7. The maximum Gasteiger partial charge on any atom is 0.330 e. The molecule has 0 spiro atoms. The van der Waals surface area contributed by atoms with Gasteiger partial charge < -0.3 is 25.4 Å². The molecular weight excluding hydrogens is 294 g/mol. The van der Waals surface area contributed by atoms with Crippen molar-refractivity contribution in [1.29, 1.82) is 0 Å². The lowest BCUT2D eigenvalue weighted by atomic mass is 10.0. The standard InChI is InChI=1S/C13H15N3O6/c14-3-1-2-7-4-16(12(20)15-10(7)19)11-8-9(18)13(5-17,22-11)6-21-8/h4,8-9,11,17-18H,3,5-6,14H2,(H,15,19,20)/t8?,9?,11-,13-/m1/s1. The number of aromatic amines is 1. The van der Waals surface area contributed by atoms with Crippen molar-refractivity contribution in [2.24, 2.45) is 5.73 Å². The second kappa shape index (κ2) is 5.35. The van der Waals surface area contributed by atoms with Gasteiger partial charge in [-0.05, 0) is 0 Å². The summed E-state index contributed by atoms with van der Waals surface area (Å²) in [6, 6.07) is 0. The molecule has 5 N–H and O–H groups in total. The van der Waals surface area contributed by atoms with Crippen LogP contribution in [-0.4, -0.2) is 57.3 Å². The van der Waals surface area contributed by atoms with Crippen molar-refractivity contribution in [1.82, 2.24) is 9.55 Å². The minimum absolute atomic E-state index is 0.0315. The number of hydrogen-bond donors (Lipinski definition) is 4. The molecule has 9 nitrogen and oxygen atoms in total. The summed E-state index contributed by atoms with van der Waals surface area (Å²) in [6.07, 6.45) is -1.61. The lowest BCUT2D eigenvalue weighted by Gasteiger charge is -2.29. The van der Waals surface area contributed by atoms with E-state index in [1.54, 1.807) is 0 Å². The SMILES string of the molecule is NCC#Cc1cn([C@@H]2O[C@]3(CO)COC2C3O)c(=O)[nH]c1=O. The molecule has 0 radical (unpaired) electrons. The molecule has 3 rings (SSSR count). The van der Waals surface area contributed by atoms with E-state index in [1.165, 1.54) is 6.20 Å². The maximum atomic E-state index is 12.0. The minimum Gasteiger partial charge on any atom is -0.393 e. The molecule has 0 amide bonds. The molecule has 1 aromatic heterocycles. The predicted octanol–water partition coefficient (Wildman–Crippen LogP) is -3.13. The number of H-pyrrole nitrogens is 1. The van der Waals surface area contributed by atoms with Crippen molar-refractivity contribution in [2.45, 2.75) is 24.0 Å². The van der Waals surface area contributed by atoms with E-state index in [9.17, 15) is 19.8 Å². The monoisotopic (exact) mass is 309 g/mol. The van der Waals surface area contributed by atoms with Crippen LogP contribution >= 0.6 is 0 Å². The number of ether oxygens (including phenoxy) is 2. The Labute approximate surface area is 124 Å². The molecule has 2 saturated heterocycles. The van der Waals surface area contributed by atoms with Gasteiger partial charge in [0.15, 0.2) is 6.23 Å². The summed E-state index contributed by atoms with van der Waals surface area (Å²) < 4.78 is 12.1. The van der Waals surface area contributed by atoms with Gasteiger partial charge in [-0.1, -0.05) is 11.8 Å². The van der Waals surface area contributed by atoms with E-state index in [1.807, 2.05) is 0 Å². The number of nitrogens with two attached hydrogens (primary N) is 1. The fourth-order valence-corrected chi connectivity index (χ4v) is 2.66. The highest BCUT2D eigenvalue weighted by Gasteiger charge is 2.61. The summed E-state index contributed by atoms with van der Waals surface area (Å²) >= 11 is 0. The van der Waals surface area contributed by atoms with E-state index in [-0.39, 0.29) is 18.7 Å². The van der Waals surface area contributed by atoms with Crippen molar-refractivity contribution in [3.8, 4) is 11.8 Å². The van der Waals surface area contributed by atoms with Crippen molar-refractivity contribution in [3.63, 3.8) is 0 Å². The quantitative estimate of drug-likeness (QED) is 0.423. The van der Waals surface area contributed by atoms with Crippen molar-refractivity contribution < 1.29 is 19.7 Å². The normalized spacial score (nSPS) is 32.8. The van der Waals surface area contributed by atoms with Gasteiger partial charge >= 0.3 is 5.69 Å². The average Bonchev–Trinajstić information content (AvgIpc) is 2.97. The summed E-state index contributed by atoms with van der Waals surface area (Å²) in [5.41, 5.74) is 2.70. The lowest BCUT2D eigenvalue weighted by molar-refractivity contribution is -0.187. The summed E-state index contributed by atoms with van der Waals surface area (Å²) in [5.74, 6) is 5.08. The minimum atomic E-state index is -1.26. The van der Waals surface area contributed by atoms with Gasteiger partial charge in [-0.15, -0.1) is 0 Å². The molecule has 9 heteroatoms. The molecule has 4 atom stereocenters. The number of aliphatic hydroxyl groups is 2. The number of fused-ring (bicyclic) bond motifs is 2. The molecule has 1 aromatic rings. The van der Waals surface area contributed by atoms with Gasteiger partial charge in [-0.2, -0.15) is 0 Å². The van der Waals surface area contributed by atoms with E-state index in [4.69, 9.17) is 15.2 Å². The van der Waals surface area contributed by atoms with E-state index in [0.29, 0.717) is 0 Å². The molecule has 3 heterocycles. The molecule has 118 valence electrons.